The zero-order chi connectivity index (χ0) is 21.6. The Bertz CT molecular complexity index is 599. The smallest absolute Gasteiger partial charge is 0.104 e. The molecule has 0 N–H and O–H groups in total. The summed E-state index contributed by atoms with van der Waals surface area (Å²) < 4.78 is 2.12. The average molecular weight is 389 g/mol. The van der Waals surface area contributed by atoms with E-state index >= 15 is 0 Å². The highest BCUT2D eigenvalue weighted by molar-refractivity contribution is 5.47. The summed E-state index contributed by atoms with van der Waals surface area (Å²) in [5.41, 5.74) is 2.84. The molecule has 5 heteroatoms. The second kappa shape index (κ2) is 12.9. The Labute approximate surface area is 170 Å². The third-order valence-electron chi connectivity index (χ3n) is 4.62. The summed E-state index contributed by atoms with van der Waals surface area (Å²) in [6.45, 7) is 9.05. The van der Waals surface area contributed by atoms with E-state index < -0.39 is 6.16 Å². The van der Waals surface area contributed by atoms with Crippen LogP contribution in [-0.4, -0.2) is 56.4 Å². The fraction of sp³-hybridized carbons (Fsp3) is 0.435. The van der Waals surface area contributed by atoms with Gasteiger partial charge in [-0.25, -0.2) is 0 Å². The van der Waals surface area contributed by atoms with E-state index in [9.17, 15) is 0 Å². The molecular weight excluding hydrogens is 352 g/mol. The van der Waals surface area contributed by atoms with Gasteiger partial charge in [-0.05, 0) is 20.0 Å². The van der Waals surface area contributed by atoms with Gasteiger partial charge in [-0.2, -0.15) is 0 Å². The molecule has 2 rings (SSSR count). The molecule has 0 heterocycles. The van der Waals surface area contributed by atoms with Gasteiger partial charge in [0.2, 0.25) is 0 Å². The van der Waals surface area contributed by atoms with Gasteiger partial charge in [-0.1, -0.05) is 60.7 Å². The lowest BCUT2D eigenvalue weighted by atomic mass is 10.2. The zero-order valence-corrected chi connectivity index (χ0v) is 18.2. The van der Waals surface area contributed by atoms with Crippen LogP contribution in [0.2, 0.25) is 0 Å². The molecule has 0 bridgehead atoms. The monoisotopic (exact) mass is 388 g/mol. The van der Waals surface area contributed by atoms with E-state index in [1.165, 1.54) is 24.2 Å². The minimum Gasteiger partial charge on any atom is -0.652 e. The highest BCUT2D eigenvalue weighted by Crippen LogP contribution is 2.08. The maximum atomic E-state index is 8.33. The van der Waals surface area contributed by atoms with Crippen molar-refractivity contribution in [2.75, 3.05) is 41.3 Å². The van der Waals surface area contributed by atoms with E-state index in [1.54, 1.807) is 0 Å². The summed E-state index contributed by atoms with van der Waals surface area (Å²) in [5.74, 6) is 0. The largest absolute Gasteiger partial charge is 0.652 e. The SMILES string of the molecule is CC[N+](C)(C)Cc1ccccc1.CC[N+](C)(C)Cc1ccccc1.O=C([O-])[O-]. The maximum Gasteiger partial charge on any atom is 0.104 e. The molecule has 156 valence electrons. The molecule has 28 heavy (non-hydrogen) atoms. The second-order valence-electron chi connectivity index (χ2n) is 8.04. The van der Waals surface area contributed by atoms with Crippen molar-refractivity contribution in [3.05, 3.63) is 71.8 Å². The normalized spacial score (nSPS) is 10.8. The molecule has 0 saturated heterocycles. The molecule has 0 radical (unpaired) electrons. The van der Waals surface area contributed by atoms with Crippen LogP contribution in [0.3, 0.4) is 0 Å². The quantitative estimate of drug-likeness (QED) is 0.712. The predicted octanol–water partition coefficient (Wildman–Crippen LogP) is 2.12. The minimum atomic E-state index is -2.33. The number of quaternary nitrogens is 2. The molecule has 0 fully saturated rings. The molecule has 0 aliphatic heterocycles. The molecule has 0 aromatic heterocycles. The topological polar surface area (TPSA) is 63.2 Å². The van der Waals surface area contributed by atoms with E-state index in [0.717, 1.165) is 22.1 Å². The van der Waals surface area contributed by atoms with Crippen molar-refractivity contribution in [2.45, 2.75) is 26.9 Å². The van der Waals surface area contributed by atoms with Gasteiger partial charge in [-0.15, -0.1) is 0 Å². The summed E-state index contributed by atoms with van der Waals surface area (Å²) >= 11 is 0. The fourth-order valence-corrected chi connectivity index (χ4v) is 2.38. The van der Waals surface area contributed by atoms with Crippen molar-refractivity contribution in [1.82, 2.24) is 0 Å². The Balaban J connectivity index is 0.000000439. The molecule has 2 aromatic rings. The highest BCUT2D eigenvalue weighted by atomic mass is 16.6. The first-order valence-electron chi connectivity index (χ1n) is 9.61. The van der Waals surface area contributed by atoms with E-state index in [2.05, 4.69) is 103 Å². The van der Waals surface area contributed by atoms with Crippen molar-refractivity contribution >= 4 is 6.16 Å². The lowest BCUT2D eigenvalue weighted by Crippen LogP contribution is -2.38. The predicted molar refractivity (Wildman–Crippen MR) is 111 cm³/mol. The maximum absolute atomic E-state index is 8.33. The number of carbonyl (C=O) groups excluding carboxylic acids is 1. The first-order valence-corrected chi connectivity index (χ1v) is 9.61. The van der Waals surface area contributed by atoms with Gasteiger partial charge in [0.25, 0.3) is 0 Å². The summed E-state index contributed by atoms with van der Waals surface area (Å²) in [6.07, 6.45) is -2.33. The van der Waals surface area contributed by atoms with Crippen molar-refractivity contribution in [3.8, 4) is 0 Å². The first kappa shape index (κ1) is 25.6. The van der Waals surface area contributed by atoms with Crippen LogP contribution in [0, 0.1) is 0 Å². The molecule has 0 aliphatic rings. The van der Waals surface area contributed by atoms with Crippen LogP contribution in [0.1, 0.15) is 25.0 Å². The van der Waals surface area contributed by atoms with E-state index in [1.807, 2.05) is 0 Å². The Morgan fingerprint density at radius 1 is 0.679 bits per heavy atom. The molecule has 0 unspecified atom stereocenters. The third-order valence-corrected chi connectivity index (χ3v) is 4.62. The Kier molecular flexibility index (Phi) is 11.8. The van der Waals surface area contributed by atoms with Gasteiger partial charge in [0.1, 0.15) is 13.1 Å². The number of rotatable bonds is 6. The molecule has 0 saturated carbocycles. The lowest BCUT2D eigenvalue weighted by Gasteiger charge is -2.28. The number of hydrogen-bond acceptors (Lipinski definition) is 3. The summed E-state index contributed by atoms with van der Waals surface area (Å²) in [5, 5.41) is 16.7. The molecule has 0 atom stereocenters. The van der Waals surface area contributed by atoms with Gasteiger partial charge in [0.05, 0.1) is 41.3 Å². The van der Waals surface area contributed by atoms with Crippen LogP contribution in [0.25, 0.3) is 0 Å². The van der Waals surface area contributed by atoms with Gasteiger partial charge in [-0.3, -0.25) is 0 Å². The van der Waals surface area contributed by atoms with Crippen molar-refractivity contribution in [2.24, 2.45) is 0 Å². The molecular formula is C23H36N2O3. The third kappa shape index (κ3) is 13.8. The van der Waals surface area contributed by atoms with Gasteiger partial charge >= 0.3 is 0 Å². The molecule has 0 aliphatic carbocycles. The van der Waals surface area contributed by atoms with Crippen LogP contribution in [0.4, 0.5) is 4.79 Å². The number of nitrogens with zero attached hydrogens (tertiary/aromatic N) is 2. The first-order chi connectivity index (χ1) is 13.0. The van der Waals surface area contributed by atoms with Crippen molar-refractivity contribution < 1.29 is 24.0 Å². The van der Waals surface area contributed by atoms with Gasteiger partial charge < -0.3 is 24.0 Å². The van der Waals surface area contributed by atoms with E-state index in [-0.39, 0.29) is 0 Å². The lowest BCUT2D eigenvalue weighted by molar-refractivity contribution is -0.901. The summed E-state index contributed by atoms with van der Waals surface area (Å²) in [7, 11) is 9.03. The molecule has 5 nitrogen and oxygen atoms in total. The van der Waals surface area contributed by atoms with E-state index in [0.29, 0.717) is 0 Å². The van der Waals surface area contributed by atoms with Crippen LogP contribution in [0.5, 0.6) is 0 Å². The Morgan fingerprint density at radius 3 is 1.14 bits per heavy atom. The van der Waals surface area contributed by atoms with Gasteiger partial charge in [0, 0.05) is 11.1 Å². The summed E-state index contributed by atoms with van der Waals surface area (Å²) in [6, 6.07) is 21.3. The molecule has 0 spiro atoms. The number of benzene rings is 2. The summed E-state index contributed by atoms with van der Waals surface area (Å²) in [4.78, 5) is 8.33. The average Bonchev–Trinajstić information content (AvgIpc) is 2.63. The van der Waals surface area contributed by atoms with Crippen molar-refractivity contribution in [3.63, 3.8) is 0 Å². The standard InChI is InChI=1S/2C11H18N.CH2O3/c2*1-4-12(2,3)10-11-8-6-5-7-9-11;2-1(3)4/h2*5-9H,4,10H2,1-3H3;(H2,2,3,4)/q2*+1;/p-2. The molecule has 2 aromatic carbocycles. The minimum absolute atomic E-state index is 1.06. The van der Waals surface area contributed by atoms with E-state index in [4.69, 9.17) is 15.0 Å². The van der Waals surface area contributed by atoms with Crippen LogP contribution >= 0.6 is 0 Å². The Hall–Kier alpha value is -2.37. The zero-order valence-electron chi connectivity index (χ0n) is 18.2. The number of hydrogen-bond donors (Lipinski definition) is 0. The van der Waals surface area contributed by atoms with Crippen molar-refractivity contribution in [1.29, 1.82) is 0 Å². The van der Waals surface area contributed by atoms with Crippen LogP contribution < -0.4 is 10.2 Å². The number of carbonyl (C=O) groups is 1. The molecule has 0 amide bonds. The second-order valence-corrected chi connectivity index (χ2v) is 8.04. The number of carboxylic acid groups (broad SMARTS) is 2. The Morgan fingerprint density at radius 2 is 0.929 bits per heavy atom. The van der Waals surface area contributed by atoms with Gasteiger partial charge in [0.15, 0.2) is 0 Å². The van der Waals surface area contributed by atoms with Crippen LogP contribution in [0.15, 0.2) is 60.7 Å². The highest BCUT2D eigenvalue weighted by Gasteiger charge is 2.12. The fourth-order valence-electron chi connectivity index (χ4n) is 2.38. The van der Waals surface area contributed by atoms with Crippen LogP contribution in [-0.2, 0) is 13.1 Å².